The summed E-state index contributed by atoms with van der Waals surface area (Å²) in [7, 11) is 0. The minimum atomic E-state index is 0.634. The van der Waals surface area contributed by atoms with Gasteiger partial charge in [0.25, 0.3) is 0 Å². The van der Waals surface area contributed by atoms with E-state index in [0.717, 1.165) is 11.3 Å². The van der Waals surface area contributed by atoms with Gasteiger partial charge < -0.3 is 10.6 Å². The molecule has 0 amide bonds. The van der Waals surface area contributed by atoms with E-state index in [4.69, 9.17) is 12.2 Å². The molecular weight excluding hydrogens is 254 g/mol. The summed E-state index contributed by atoms with van der Waals surface area (Å²) in [5, 5.41) is 7.08. The lowest BCUT2D eigenvalue weighted by Crippen LogP contribution is -2.28. The van der Waals surface area contributed by atoms with Crippen LogP contribution in [0.3, 0.4) is 0 Å². The topological polar surface area (TPSA) is 37.0 Å². The van der Waals surface area contributed by atoms with E-state index in [1.165, 1.54) is 11.1 Å². The minimum absolute atomic E-state index is 0.634. The fourth-order valence-corrected chi connectivity index (χ4v) is 2.03. The molecule has 0 fully saturated rings. The molecule has 0 aliphatic carbocycles. The van der Waals surface area contributed by atoms with E-state index >= 15 is 0 Å². The van der Waals surface area contributed by atoms with Gasteiger partial charge in [0.2, 0.25) is 0 Å². The molecule has 2 rings (SSSR count). The number of aromatic nitrogens is 1. The molecule has 0 aliphatic heterocycles. The highest BCUT2D eigenvalue weighted by atomic mass is 32.1. The zero-order valence-electron chi connectivity index (χ0n) is 11.1. The molecule has 3 nitrogen and oxygen atoms in total. The summed E-state index contributed by atoms with van der Waals surface area (Å²) in [4.78, 5) is 3.99. The summed E-state index contributed by atoms with van der Waals surface area (Å²) in [6, 6.07) is 10.1. The van der Waals surface area contributed by atoms with Gasteiger partial charge in [-0.1, -0.05) is 18.2 Å². The van der Waals surface area contributed by atoms with E-state index in [-0.39, 0.29) is 0 Å². The summed E-state index contributed by atoms with van der Waals surface area (Å²) in [5.41, 5.74) is 4.61. The molecule has 1 heterocycles. The first kappa shape index (κ1) is 13.5. The molecule has 0 spiro atoms. The molecule has 1 aromatic carbocycles. The smallest absolute Gasteiger partial charge is 0.171 e. The van der Waals surface area contributed by atoms with Crippen LogP contribution >= 0.6 is 12.2 Å². The molecular formula is C15H17N3S. The van der Waals surface area contributed by atoms with Gasteiger partial charge in [-0.05, 0) is 54.9 Å². The van der Waals surface area contributed by atoms with Gasteiger partial charge in [0.15, 0.2) is 5.11 Å². The van der Waals surface area contributed by atoms with Crippen LogP contribution in [0.1, 0.15) is 16.7 Å². The van der Waals surface area contributed by atoms with Crippen molar-refractivity contribution in [3.05, 3.63) is 59.4 Å². The Bertz CT molecular complexity index is 547. The predicted octanol–water partition coefficient (Wildman–Crippen LogP) is 3.19. The summed E-state index contributed by atoms with van der Waals surface area (Å²) < 4.78 is 0. The summed E-state index contributed by atoms with van der Waals surface area (Å²) >= 11 is 5.32. The van der Waals surface area contributed by atoms with Crippen molar-refractivity contribution in [3.8, 4) is 0 Å². The molecule has 0 aliphatic rings. The SMILES string of the molecule is Cc1cccc(C)c1NC(=S)NCc1ccncc1. The van der Waals surface area contributed by atoms with Crippen molar-refractivity contribution in [1.29, 1.82) is 0 Å². The van der Waals surface area contributed by atoms with Gasteiger partial charge in [-0.15, -0.1) is 0 Å². The Morgan fingerprint density at radius 3 is 2.37 bits per heavy atom. The van der Waals surface area contributed by atoms with Crippen molar-refractivity contribution in [1.82, 2.24) is 10.3 Å². The van der Waals surface area contributed by atoms with E-state index in [2.05, 4.69) is 41.6 Å². The van der Waals surface area contributed by atoms with E-state index in [1.54, 1.807) is 12.4 Å². The van der Waals surface area contributed by atoms with E-state index in [0.29, 0.717) is 11.7 Å². The molecule has 98 valence electrons. The Labute approximate surface area is 119 Å². The predicted molar refractivity (Wildman–Crippen MR) is 83.2 cm³/mol. The minimum Gasteiger partial charge on any atom is -0.358 e. The number of benzene rings is 1. The van der Waals surface area contributed by atoms with Gasteiger partial charge in [-0.3, -0.25) is 4.98 Å². The third kappa shape index (κ3) is 3.76. The van der Waals surface area contributed by atoms with Crippen LogP contribution in [-0.2, 0) is 6.54 Å². The zero-order chi connectivity index (χ0) is 13.7. The summed E-state index contributed by atoms with van der Waals surface area (Å²) in [5.74, 6) is 0. The second kappa shape index (κ2) is 6.29. The maximum absolute atomic E-state index is 5.32. The lowest BCUT2D eigenvalue weighted by atomic mass is 10.1. The Kier molecular flexibility index (Phi) is 4.47. The lowest BCUT2D eigenvalue weighted by molar-refractivity contribution is 0.921. The lowest BCUT2D eigenvalue weighted by Gasteiger charge is -2.14. The second-order valence-corrected chi connectivity index (χ2v) is 4.84. The third-order valence-corrected chi connectivity index (χ3v) is 3.17. The van der Waals surface area contributed by atoms with Crippen LogP contribution in [0, 0.1) is 13.8 Å². The van der Waals surface area contributed by atoms with Crippen LogP contribution in [0.25, 0.3) is 0 Å². The molecule has 0 saturated carbocycles. The van der Waals surface area contributed by atoms with Crippen LogP contribution in [0.4, 0.5) is 5.69 Å². The first-order valence-corrected chi connectivity index (χ1v) is 6.57. The van der Waals surface area contributed by atoms with Gasteiger partial charge in [0.1, 0.15) is 0 Å². The average molecular weight is 271 g/mol. The number of para-hydroxylation sites is 1. The largest absolute Gasteiger partial charge is 0.358 e. The Hall–Kier alpha value is -1.94. The standard InChI is InChI=1S/C15H17N3S/c1-11-4-3-5-12(2)14(11)18-15(19)17-10-13-6-8-16-9-7-13/h3-9H,10H2,1-2H3,(H2,17,18,19). The van der Waals surface area contributed by atoms with Crippen LogP contribution in [0.5, 0.6) is 0 Å². The monoisotopic (exact) mass is 271 g/mol. The molecule has 0 atom stereocenters. The number of hydrogen-bond acceptors (Lipinski definition) is 2. The first-order valence-electron chi connectivity index (χ1n) is 6.17. The van der Waals surface area contributed by atoms with Crippen molar-refractivity contribution < 1.29 is 0 Å². The van der Waals surface area contributed by atoms with Crippen LogP contribution in [0.2, 0.25) is 0 Å². The Morgan fingerprint density at radius 2 is 1.74 bits per heavy atom. The number of rotatable bonds is 3. The van der Waals surface area contributed by atoms with E-state index < -0.39 is 0 Å². The van der Waals surface area contributed by atoms with Gasteiger partial charge in [-0.25, -0.2) is 0 Å². The summed E-state index contributed by atoms with van der Waals surface area (Å²) in [6.45, 7) is 4.83. The van der Waals surface area contributed by atoms with E-state index in [9.17, 15) is 0 Å². The maximum atomic E-state index is 5.32. The normalized spacial score (nSPS) is 10.0. The third-order valence-electron chi connectivity index (χ3n) is 2.92. The fourth-order valence-electron chi connectivity index (χ4n) is 1.85. The molecule has 0 bridgehead atoms. The molecule has 0 saturated heterocycles. The van der Waals surface area contributed by atoms with Crippen molar-refractivity contribution in [3.63, 3.8) is 0 Å². The highest BCUT2D eigenvalue weighted by molar-refractivity contribution is 7.80. The van der Waals surface area contributed by atoms with Crippen molar-refractivity contribution in [2.24, 2.45) is 0 Å². The molecule has 0 unspecified atom stereocenters. The van der Waals surface area contributed by atoms with Crippen molar-refractivity contribution in [2.45, 2.75) is 20.4 Å². The molecule has 0 radical (unpaired) electrons. The van der Waals surface area contributed by atoms with Crippen molar-refractivity contribution >= 4 is 23.0 Å². The van der Waals surface area contributed by atoms with Gasteiger partial charge >= 0.3 is 0 Å². The van der Waals surface area contributed by atoms with E-state index in [1.807, 2.05) is 18.2 Å². The van der Waals surface area contributed by atoms with Gasteiger partial charge in [0.05, 0.1) is 0 Å². The molecule has 2 N–H and O–H groups in total. The zero-order valence-corrected chi connectivity index (χ0v) is 11.9. The number of nitrogens with zero attached hydrogens (tertiary/aromatic N) is 1. The van der Waals surface area contributed by atoms with Crippen LogP contribution in [0.15, 0.2) is 42.7 Å². The van der Waals surface area contributed by atoms with Crippen LogP contribution < -0.4 is 10.6 Å². The average Bonchev–Trinajstić information content (AvgIpc) is 2.42. The van der Waals surface area contributed by atoms with Crippen molar-refractivity contribution in [2.75, 3.05) is 5.32 Å². The number of pyridine rings is 1. The highest BCUT2D eigenvalue weighted by Crippen LogP contribution is 2.19. The molecule has 4 heteroatoms. The number of hydrogen-bond donors (Lipinski definition) is 2. The molecule has 1 aromatic heterocycles. The Balaban J connectivity index is 1.95. The Morgan fingerprint density at radius 1 is 1.11 bits per heavy atom. The van der Waals surface area contributed by atoms with Gasteiger partial charge in [0, 0.05) is 24.6 Å². The van der Waals surface area contributed by atoms with Gasteiger partial charge in [-0.2, -0.15) is 0 Å². The molecule has 19 heavy (non-hydrogen) atoms. The number of thiocarbonyl (C=S) groups is 1. The number of anilines is 1. The quantitative estimate of drug-likeness (QED) is 0.841. The second-order valence-electron chi connectivity index (χ2n) is 4.43. The number of nitrogens with one attached hydrogen (secondary N) is 2. The maximum Gasteiger partial charge on any atom is 0.171 e. The molecule has 2 aromatic rings. The van der Waals surface area contributed by atoms with Crippen LogP contribution in [-0.4, -0.2) is 10.1 Å². The number of aryl methyl sites for hydroxylation is 2. The first-order chi connectivity index (χ1) is 9.16. The summed E-state index contributed by atoms with van der Waals surface area (Å²) in [6.07, 6.45) is 3.55. The highest BCUT2D eigenvalue weighted by Gasteiger charge is 2.03. The fraction of sp³-hybridized carbons (Fsp3) is 0.200.